The fraction of sp³-hybridized carbons (Fsp3) is 0.250. The minimum atomic E-state index is -4.03. The highest BCUT2D eigenvalue weighted by Crippen LogP contribution is 2.40. The van der Waals surface area contributed by atoms with Gasteiger partial charge in [-0.2, -0.15) is 0 Å². The van der Waals surface area contributed by atoms with E-state index in [4.69, 9.17) is 20.3 Å². The summed E-state index contributed by atoms with van der Waals surface area (Å²) in [5.41, 5.74) is 6.49. The van der Waals surface area contributed by atoms with Gasteiger partial charge < -0.3 is 20.3 Å². The standard InChI is InChI=1S/C8H12NO4P/c1-13-8-4-6(2-3-7(8)9)5-14(10,11)12/h2-4H,5,9H2,1H3,(H2,10,11,12). The Morgan fingerprint density at radius 2 is 2.14 bits per heavy atom. The molecule has 0 fully saturated rings. The summed E-state index contributed by atoms with van der Waals surface area (Å²) in [6.07, 6.45) is -0.302. The first-order valence-electron chi connectivity index (χ1n) is 3.89. The SMILES string of the molecule is COc1cc(CP(=O)(O)O)ccc1N. The molecule has 0 heterocycles. The topological polar surface area (TPSA) is 92.8 Å². The zero-order chi connectivity index (χ0) is 10.8. The van der Waals surface area contributed by atoms with E-state index in [1.54, 1.807) is 12.1 Å². The first-order chi connectivity index (χ1) is 6.42. The summed E-state index contributed by atoms with van der Waals surface area (Å²) < 4.78 is 15.6. The Kier molecular flexibility index (Phi) is 3.16. The lowest BCUT2D eigenvalue weighted by molar-refractivity contribution is 0.371. The van der Waals surface area contributed by atoms with Gasteiger partial charge in [0.25, 0.3) is 0 Å². The van der Waals surface area contributed by atoms with Crippen LogP contribution in [0, 0.1) is 0 Å². The lowest BCUT2D eigenvalue weighted by Gasteiger charge is -2.08. The van der Waals surface area contributed by atoms with E-state index >= 15 is 0 Å². The van der Waals surface area contributed by atoms with Crippen molar-refractivity contribution in [2.24, 2.45) is 0 Å². The van der Waals surface area contributed by atoms with Gasteiger partial charge >= 0.3 is 7.60 Å². The van der Waals surface area contributed by atoms with Crippen LogP contribution in [0.1, 0.15) is 5.56 Å². The maximum Gasteiger partial charge on any atom is 0.329 e. The van der Waals surface area contributed by atoms with E-state index in [2.05, 4.69) is 0 Å². The lowest BCUT2D eigenvalue weighted by Crippen LogP contribution is -1.94. The summed E-state index contributed by atoms with van der Waals surface area (Å²) in [6, 6.07) is 4.65. The van der Waals surface area contributed by atoms with Gasteiger partial charge in [0.2, 0.25) is 0 Å². The second-order valence-electron chi connectivity index (χ2n) is 2.90. The smallest absolute Gasteiger partial charge is 0.329 e. The van der Waals surface area contributed by atoms with Crippen molar-refractivity contribution >= 4 is 13.3 Å². The maximum atomic E-state index is 10.7. The number of nitrogens with two attached hydrogens (primary N) is 1. The predicted octanol–water partition coefficient (Wildman–Crippen LogP) is 0.955. The fourth-order valence-corrected chi connectivity index (χ4v) is 1.76. The third-order valence-corrected chi connectivity index (χ3v) is 2.46. The third-order valence-electron chi connectivity index (χ3n) is 1.69. The van der Waals surface area contributed by atoms with Crippen LogP contribution in [0.2, 0.25) is 0 Å². The van der Waals surface area contributed by atoms with Gasteiger partial charge in [0.1, 0.15) is 5.75 Å². The Balaban J connectivity index is 2.96. The highest BCUT2D eigenvalue weighted by atomic mass is 31.2. The van der Waals surface area contributed by atoms with Gasteiger partial charge in [-0.3, -0.25) is 4.57 Å². The van der Waals surface area contributed by atoms with Crippen LogP contribution < -0.4 is 10.5 Å². The molecule has 0 aliphatic heterocycles. The average molecular weight is 217 g/mol. The van der Waals surface area contributed by atoms with E-state index in [1.807, 2.05) is 0 Å². The molecule has 1 aromatic rings. The van der Waals surface area contributed by atoms with Crippen molar-refractivity contribution in [3.05, 3.63) is 23.8 Å². The molecule has 0 unspecified atom stereocenters. The number of benzene rings is 1. The minimum Gasteiger partial charge on any atom is -0.495 e. The molecule has 0 saturated heterocycles. The molecule has 0 atom stereocenters. The van der Waals surface area contributed by atoms with Gasteiger partial charge in [0.05, 0.1) is 19.0 Å². The van der Waals surface area contributed by atoms with Crippen LogP contribution in [0.25, 0.3) is 0 Å². The molecule has 0 aliphatic carbocycles. The molecule has 0 aliphatic rings. The number of rotatable bonds is 3. The van der Waals surface area contributed by atoms with Gasteiger partial charge in [-0.05, 0) is 17.7 Å². The molecule has 78 valence electrons. The van der Waals surface area contributed by atoms with E-state index in [0.717, 1.165) is 0 Å². The van der Waals surface area contributed by atoms with E-state index < -0.39 is 7.60 Å². The predicted molar refractivity (Wildman–Crippen MR) is 53.2 cm³/mol. The molecule has 0 radical (unpaired) electrons. The van der Waals surface area contributed by atoms with Crippen LogP contribution in [0.5, 0.6) is 5.75 Å². The van der Waals surface area contributed by atoms with Gasteiger partial charge in [0, 0.05) is 0 Å². The van der Waals surface area contributed by atoms with Crippen LogP contribution in [0.15, 0.2) is 18.2 Å². The molecule has 0 bridgehead atoms. The van der Waals surface area contributed by atoms with E-state index in [9.17, 15) is 4.57 Å². The number of anilines is 1. The second-order valence-corrected chi connectivity index (χ2v) is 4.54. The molecule has 4 N–H and O–H groups in total. The molecular formula is C8H12NO4P. The van der Waals surface area contributed by atoms with Crippen molar-refractivity contribution < 1.29 is 19.1 Å². The van der Waals surface area contributed by atoms with Crippen LogP contribution in [0.4, 0.5) is 5.69 Å². The number of nitrogen functional groups attached to an aromatic ring is 1. The Morgan fingerprint density at radius 1 is 1.50 bits per heavy atom. The number of hydrogen-bond donors (Lipinski definition) is 3. The molecule has 14 heavy (non-hydrogen) atoms. The van der Waals surface area contributed by atoms with Gasteiger partial charge in [-0.1, -0.05) is 6.07 Å². The first-order valence-corrected chi connectivity index (χ1v) is 5.69. The van der Waals surface area contributed by atoms with Crippen molar-refractivity contribution in [1.29, 1.82) is 0 Å². The molecule has 1 aromatic carbocycles. The molecular weight excluding hydrogens is 205 g/mol. The zero-order valence-corrected chi connectivity index (χ0v) is 8.57. The number of ether oxygens (including phenoxy) is 1. The molecule has 0 saturated carbocycles. The van der Waals surface area contributed by atoms with Crippen molar-refractivity contribution in [2.45, 2.75) is 6.16 Å². The van der Waals surface area contributed by atoms with Crippen LogP contribution in [-0.2, 0) is 10.7 Å². The number of hydrogen-bond acceptors (Lipinski definition) is 3. The molecule has 1 rings (SSSR count). The summed E-state index contributed by atoms with van der Waals surface area (Å²) in [7, 11) is -2.58. The molecule has 0 amide bonds. The first kappa shape index (κ1) is 11.0. The van der Waals surface area contributed by atoms with E-state index in [1.165, 1.54) is 13.2 Å². The lowest BCUT2D eigenvalue weighted by atomic mass is 10.2. The quantitative estimate of drug-likeness (QED) is 0.517. The van der Waals surface area contributed by atoms with Crippen LogP contribution in [-0.4, -0.2) is 16.9 Å². The Labute approximate surface area is 81.7 Å². The van der Waals surface area contributed by atoms with Gasteiger partial charge in [-0.25, -0.2) is 0 Å². The average Bonchev–Trinajstić information content (AvgIpc) is 2.06. The van der Waals surface area contributed by atoms with Crippen molar-refractivity contribution in [2.75, 3.05) is 12.8 Å². The zero-order valence-electron chi connectivity index (χ0n) is 7.67. The van der Waals surface area contributed by atoms with Gasteiger partial charge in [0.15, 0.2) is 0 Å². The van der Waals surface area contributed by atoms with Crippen molar-refractivity contribution in [3.63, 3.8) is 0 Å². The fourth-order valence-electron chi connectivity index (χ4n) is 1.09. The largest absolute Gasteiger partial charge is 0.495 e. The molecule has 0 spiro atoms. The van der Waals surface area contributed by atoms with Crippen LogP contribution >= 0.6 is 7.60 Å². The molecule has 5 nitrogen and oxygen atoms in total. The Morgan fingerprint density at radius 3 is 2.64 bits per heavy atom. The maximum absolute atomic E-state index is 10.7. The summed E-state index contributed by atoms with van der Waals surface area (Å²) in [4.78, 5) is 17.5. The summed E-state index contributed by atoms with van der Waals surface area (Å²) in [5.74, 6) is 0.427. The highest BCUT2D eigenvalue weighted by Gasteiger charge is 2.14. The van der Waals surface area contributed by atoms with Crippen molar-refractivity contribution in [3.8, 4) is 5.75 Å². The minimum absolute atomic E-state index is 0.302. The highest BCUT2D eigenvalue weighted by molar-refractivity contribution is 7.50. The summed E-state index contributed by atoms with van der Waals surface area (Å²) in [5, 5.41) is 0. The summed E-state index contributed by atoms with van der Waals surface area (Å²) >= 11 is 0. The van der Waals surface area contributed by atoms with Crippen LogP contribution in [0.3, 0.4) is 0 Å². The monoisotopic (exact) mass is 217 g/mol. The normalized spacial score (nSPS) is 11.4. The van der Waals surface area contributed by atoms with E-state index in [0.29, 0.717) is 17.0 Å². The van der Waals surface area contributed by atoms with Gasteiger partial charge in [-0.15, -0.1) is 0 Å². The summed E-state index contributed by atoms with van der Waals surface area (Å²) in [6.45, 7) is 0. The number of methoxy groups -OCH3 is 1. The Bertz CT molecular complexity index is 374. The molecule has 0 aromatic heterocycles. The Hall–Kier alpha value is -1.03. The third kappa shape index (κ3) is 3.03. The molecule has 6 heteroatoms. The van der Waals surface area contributed by atoms with Crippen molar-refractivity contribution in [1.82, 2.24) is 0 Å². The van der Waals surface area contributed by atoms with E-state index in [-0.39, 0.29) is 6.16 Å². The second kappa shape index (κ2) is 4.00.